The summed E-state index contributed by atoms with van der Waals surface area (Å²) in [6, 6.07) is 6.59. The van der Waals surface area contributed by atoms with E-state index in [2.05, 4.69) is 25.9 Å². The van der Waals surface area contributed by atoms with E-state index in [1.165, 1.54) is 16.6 Å². The molecule has 1 saturated carbocycles. The van der Waals surface area contributed by atoms with Crippen LogP contribution >= 0.6 is 27.5 Å². The van der Waals surface area contributed by atoms with E-state index in [1.54, 1.807) is 12.3 Å². The normalized spacial score (nSPS) is 16.5. The summed E-state index contributed by atoms with van der Waals surface area (Å²) < 4.78 is 28.4. The molecule has 2 aromatic heterocycles. The van der Waals surface area contributed by atoms with E-state index in [9.17, 15) is 8.42 Å². The molecular formula is C15H15BrClN3O2S. The van der Waals surface area contributed by atoms with Gasteiger partial charge in [0.25, 0.3) is 0 Å². The zero-order valence-corrected chi connectivity index (χ0v) is 15.5. The Balaban J connectivity index is 2.05. The first-order chi connectivity index (χ1) is 10.9. The molecule has 2 heterocycles. The van der Waals surface area contributed by atoms with E-state index in [-0.39, 0.29) is 22.1 Å². The minimum Gasteiger partial charge on any atom is -0.260 e. The average Bonchev–Trinajstić information content (AvgIpc) is 3.35. The van der Waals surface area contributed by atoms with Gasteiger partial charge in [-0.1, -0.05) is 17.7 Å². The second kappa shape index (κ2) is 6.47. The first kappa shape index (κ1) is 16.8. The fourth-order valence-electron chi connectivity index (χ4n) is 2.50. The van der Waals surface area contributed by atoms with Crippen LogP contribution in [-0.4, -0.2) is 28.7 Å². The van der Waals surface area contributed by atoms with Crippen molar-refractivity contribution in [3.63, 3.8) is 0 Å². The number of hydrogen-bond acceptors (Lipinski definition) is 4. The third-order valence-electron chi connectivity index (χ3n) is 3.73. The summed E-state index contributed by atoms with van der Waals surface area (Å²) in [4.78, 5) is 8.25. The Morgan fingerprint density at radius 2 is 2.09 bits per heavy atom. The van der Waals surface area contributed by atoms with Crippen molar-refractivity contribution in [3.8, 4) is 0 Å². The van der Waals surface area contributed by atoms with Gasteiger partial charge >= 0.3 is 0 Å². The van der Waals surface area contributed by atoms with Crippen LogP contribution in [0.25, 0.3) is 0 Å². The standard InChI is InChI=1S/C15H15BrClN3O2S/c1-10(13-4-2-3-7-18-13)20(12-5-6-12)23(21,22)14-8-11(16)9-19-15(14)17/h2-4,7-10,12H,5-6H2,1H3/t10-/m1/s1. The molecule has 0 saturated heterocycles. The van der Waals surface area contributed by atoms with Crippen molar-refractivity contribution in [2.45, 2.75) is 36.7 Å². The predicted molar refractivity (Wildman–Crippen MR) is 91.6 cm³/mol. The van der Waals surface area contributed by atoms with Crippen molar-refractivity contribution < 1.29 is 8.42 Å². The topological polar surface area (TPSA) is 63.2 Å². The van der Waals surface area contributed by atoms with Crippen LogP contribution in [0.15, 0.2) is 46.0 Å². The predicted octanol–water partition coefficient (Wildman–Crippen LogP) is 3.81. The molecule has 0 spiro atoms. The van der Waals surface area contributed by atoms with Crippen LogP contribution in [0.5, 0.6) is 0 Å². The summed E-state index contributed by atoms with van der Waals surface area (Å²) >= 11 is 9.30. The van der Waals surface area contributed by atoms with E-state index >= 15 is 0 Å². The second-order valence-electron chi connectivity index (χ2n) is 5.44. The summed E-state index contributed by atoms with van der Waals surface area (Å²) in [7, 11) is -3.77. The molecule has 2 aromatic rings. The Hall–Kier alpha value is -1.02. The summed E-state index contributed by atoms with van der Waals surface area (Å²) in [5, 5.41) is -0.0212. The largest absolute Gasteiger partial charge is 0.260 e. The van der Waals surface area contributed by atoms with Gasteiger partial charge in [-0.25, -0.2) is 13.4 Å². The summed E-state index contributed by atoms with van der Waals surface area (Å²) in [5.41, 5.74) is 0.710. The molecule has 23 heavy (non-hydrogen) atoms. The van der Waals surface area contributed by atoms with Crippen LogP contribution in [0.3, 0.4) is 0 Å². The van der Waals surface area contributed by atoms with Crippen LogP contribution in [0, 0.1) is 0 Å². The fourth-order valence-corrected chi connectivity index (χ4v) is 5.28. The molecule has 0 radical (unpaired) electrons. The zero-order chi connectivity index (χ0) is 16.6. The number of halogens is 2. The highest BCUT2D eigenvalue weighted by Gasteiger charge is 2.43. The second-order valence-corrected chi connectivity index (χ2v) is 8.52. The molecule has 0 aliphatic heterocycles. The van der Waals surface area contributed by atoms with Crippen molar-refractivity contribution in [2.24, 2.45) is 0 Å². The minimum atomic E-state index is -3.77. The number of sulfonamides is 1. The lowest BCUT2D eigenvalue weighted by atomic mass is 10.2. The van der Waals surface area contributed by atoms with Gasteiger partial charge in [0, 0.05) is 22.9 Å². The Morgan fingerprint density at radius 1 is 1.35 bits per heavy atom. The van der Waals surface area contributed by atoms with Gasteiger partial charge in [-0.15, -0.1) is 0 Å². The van der Waals surface area contributed by atoms with Crippen LogP contribution in [0.2, 0.25) is 5.15 Å². The van der Waals surface area contributed by atoms with Crippen LogP contribution < -0.4 is 0 Å². The molecule has 1 aliphatic rings. The van der Waals surface area contributed by atoms with E-state index in [0.717, 1.165) is 12.8 Å². The molecule has 0 unspecified atom stereocenters. The van der Waals surface area contributed by atoms with E-state index < -0.39 is 10.0 Å². The first-order valence-corrected chi connectivity index (χ1v) is 9.78. The highest BCUT2D eigenvalue weighted by molar-refractivity contribution is 9.10. The average molecular weight is 417 g/mol. The van der Waals surface area contributed by atoms with Gasteiger partial charge < -0.3 is 0 Å². The van der Waals surface area contributed by atoms with Crippen molar-refractivity contribution >= 4 is 37.6 Å². The molecule has 0 bridgehead atoms. The maximum absolute atomic E-state index is 13.2. The minimum absolute atomic E-state index is 0.0169. The maximum Gasteiger partial charge on any atom is 0.247 e. The molecule has 122 valence electrons. The van der Waals surface area contributed by atoms with Crippen LogP contribution in [0.1, 0.15) is 31.5 Å². The van der Waals surface area contributed by atoms with E-state index in [0.29, 0.717) is 10.2 Å². The molecule has 3 rings (SSSR count). The zero-order valence-electron chi connectivity index (χ0n) is 12.4. The lowest BCUT2D eigenvalue weighted by Crippen LogP contribution is -2.36. The summed E-state index contributed by atoms with van der Waals surface area (Å²) in [6.45, 7) is 1.84. The lowest BCUT2D eigenvalue weighted by molar-refractivity contribution is 0.329. The monoisotopic (exact) mass is 415 g/mol. The molecule has 8 heteroatoms. The highest BCUT2D eigenvalue weighted by Crippen LogP contribution is 2.40. The van der Waals surface area contributed by atoms with Gasteiger partial charge in [-0.2, -0.15) is 4.31 Å². The van der Waals surface area contributed by atoms with Crippen molar-refractivity contribution in [1.82, 2.24) is 14.3 Å². The molecular weight excluding hydrogens is 402 g/mol. The SMILES string of the molecule is C[C@H](c1ccccn1)N(C1CC1)S(=O)(=O)c1cc(Br)cnc1Cl. The summed E-state index contributed by atoms with van der Waals surface area (Å²) in [6.07, 6.45) is 4.83. The molecule has 0 N–H and O–H groups in total. The Labute approximate surface area is 148 Å². The molecule has 1 aliphatic carbocycles. The van der Waals surface area contributed by atoms with Gasteiger partial charge in [-0.05, 0) is 53.9 Å². The van der Waals surface area contributed by atoms with Gasteiger partial charge in [0.15, 0.2) is 0 Å². The number of nitrogens with zero attached hydrogens (tertiary/aromatic N) is 3. The van der Waals surface area contributed by atoms with E-state index in [4.69, 9.17) is 11.6 Å². The van der Waals surface area contributed by atoms with Gasteiger partial charge in [-0.3, -0.25) is 4.98 Å². The molecule has 5 nitrogen and oxygen atoms in total. The highest BCUT2D eigenvalue weighted by atomic mass is 79.9. The van der Waals surface area contributed by atoms with Gasteiger partial charge in [0.1, 0.15) is 10.0 Å². The smallest absolute Gasteiger partial charge is 0.247 e. The van der Waals surface area contributed by atoms with Crippen molar-refractivity contribution in [3.05, 3.63) is 52.0 Å². The molecule has 0 aromatic carbocycles. The number of pyridine rings is 2. The Morgan fingerprint density at radius 3 is 2.70 bits per heavy atom. The third-order valence-corrected chi connectivity index (χ3v) is 6.62. The summed E-state index contributed by atoms with van der Waals surface area (Å²) in [5.74, 6) is 0. The van der Waals surface area contributed by atoms with Crippen molar-refractivity contribution in [1.29, 1.82) is 0 Å². The van der Waals surface area contributed by atoms with Crippen LogP contribution in [-0.2, 0) is 10.0 Å². The van der Waals surface area contributed by atoms with E-state index in [1.807, 2.05) is 19.1 Å². The molecule has 0 amide bonds. The Kier molecular flexibility index (Phi) is 4.73. The van der Waals surface area contributed by atoms with Gasteiger partial charge in [0.2, 0.25) is 10.0 Å². The number of aromatic nitrogens is 2. The number of rotatable bonds is 5. The third kappa shape index (κ3) is 3.42. The molecule has 1 fully saturated rings. The van der Waals surface area contributed by atoms with Crippen molar-refractivity contribution in [2.75, 3.05) is 0 Å². The van der Waals surface area contributed by atoms with Gasteiger partial charge in [0.05, 0.1) is 11.7 Å². The quantitative estimate of drug-likeness (QED) is 0.695. The fraction of sp³-hybridized carbons (Fsp3) is 0.333. The lowest BCUT2D eigenvalue weighted by Gasteiger charge is -2.28. The molecule has 1 atom stereocenters. The first-order valence-electron chi connectivity index (χ1n) is 7.17. The van der Waals surface area contributed by atoms with Crippen LogP contribution in [0.4, 0.5) is 0 Å². The number of hydrogen-bond donors (Lipinski definition) is 0. The maximum atomic E-state index is 13.2. The Bertz CT molecular complexity index is 813.